The Morgan fingerprint density at radius 2 is 1.80 bits per heavy atom. The second-order valence-electron chi connectivity index (χ2n) is 5.91. The largest absolute Gasteiger partial charge is 0.355 e. The molecule has 2 nitrogen and oxygen atoms in total. The van der Waals surface area contributed by atoms with Crippen molar-refractivity contribution >= 4 is 0 Å². The van der Waals surface area contributed by atoms with E-state index in [1.165, 1.54) is 19.3 Å². The Kier molecular flexibility index (Phi) is 3.36. The predicted octanol–water partition coefficient (Wildman–Crippen LogP) is 3.07. The maximum Gasteiger partial charge on any atom is 0.146 e. The summed E-state index contributed by atoms with van der Waals surface area (Å²) in [7, 11) is 0. The Morgan fingerprint density at radius 1 is 1.13 bits per heavy atom. The molecule has 0 aromatic carbocycles. The average molecular weight is 212 g/mol. The van der Waals surface area contributed by atoms with Gasteiger partial charge in [0.05, 0.1) is 13.2 Å². The average Bonchev–Trinajstić information content (AvgIpc) is 2.18. The lowest BCUT2D eigenvalue weighted by atomic mass is 9.60. The first kappa shape index (κ1) is 11.4. The Bertz CT molecular complexity index is 207. The Balaban J connectivity index is 2.14. The van der Waals surface area contributed by atoms with Crippen LogP contribution in [-0.2, 0) is 9.47 Å². The molecule has 2 heteroatoms. The van der Waals surface area contributed by atoms with Crippen molar-refractivity contribution in [2.45, 2.75) is 40.0 Å². The van der Waals surface area contributed by atoms with Gasteiger partial charge in [0, 0.05) is 5.41 Å². The van der Waals surface area contributed by atoms with Crippen LogP contribution in [0.15, 0.2) is 0 Å². The first-order valence-corrected chi connectivity index (χ1v) is 6.29. The van der Waals surface area contributed by atoms with E-state index in [4.69, 9.17) is 9.47 Å². The fourth-order valence-corrected chi connectivity index (χ4v) is 3.68. The molecule has 15 heavy (non-hydrogen) atoms. The van der Waals surface area contributed by atoms with Gasteiger partial charge in [-0.2, -0.15) is 0 Å². The van der Waals surface area contributed by atoms with Gasteiger partial charge in [0.15, 0.2) is 0 Å². The molecule has 88 valence electrons. The summed E-state index contributed by atoms with van der Waals surface area (Å²) in [6.45, 7) is 9.39. The van der Waals surface area contributed by atoms with Crippen molar-refractivity contribution in [3.63, 3.8) is 0 Å². The third-order valence-electron chi connectivity index (χ3n) is 4.26. The zero-order valence-corrected chi connectivity index (χ0v) is 10.3. The van der Waals surface area contributed by atoms with E-state index in [2.05, 4.69) is 20.8 Å². The van der Waals surface area contributed by atoms with Crippen molar-refractivity contribution < 1.29 is 9.47 Å². The van der Waals surface area contributed by atoms with Crippen molar-refractivity contribution in [1.82, 2.24) is 0 Å². The van der Waals surface area contributed by atoms with E-state index in [-0.39, 0.29) is 0 Å². The van der Waals surface area contributed by atoms with Crippen molar-refractivity contribution in [1.29, 1.82) is 0 Å². The summed E-state index contributed by atoms with van der Waals surface area (Å²) in [5, 5.41) is 0. The molecule has 1 saturated heterocycles. The molecule has 0 amide bonds. The summed E-state index contributed by atoms with van der Waals surface area (Å²) in [6.07, 6.45) is 4.02. The van der Waals surface area contributed by atoms with Crippen molar-refractivity contribution in [3.8, 4) is 0 Å². The number of hydrogen-bond donors (Lipinski definition) is 0. The lowest BCUT2D eigenvalue weighted by molar-refractivity contribution is -0.201. The fourth-order valence-electron chi connectivity index (χ4n) is 3.68. The highest BCUT2D eigenvalue weighted by molar-refractivity contribution is 4.93. The van der Waals surface area contributed by atoms with Gasteiger partial charge in [0.2, 0.25) is 0 Å². The SMILES string of the molecule is CC1CCC(C(C)C)C2(COCOC2)C1. The second-order valence-corrected chi connectivity index (χ2v) is 5.91. The van der Waals surface area contributed by atoms with Crippen LogP contribution in [0.5, 0.6) is 0 Å². The van der Waals surface area contributed by atoms with E-state index in [0.29, 0.717) is 12.2 Å². The van der Waals surface area contributed by atoms with E-state index in [1.54, 1.807) is 0 Å². The van der Waals surface area contributed by atoms with Crippen LogP contribution in [0.25, 0.3) is 0 Å². The van der Waals surface area contributed by atoms with E-state index in [1.807, 2.05) is 0 Å². The Morgan fingerprint density at radius 3 is 2.40 bits per heavy atom. The number of rotatable bonds is 1. The third-order valence-corrected chi connectivity index (χ3v) is 4.26. The summed E-state index contributed by atoms with van der Waals surface area (Å²) in [5.41, 5.74) is 0.323. The van der Waals surface area contributed by atoms with Crippen LogP contribution in [0.1, 0.15) is 40.0 Å². The third kappa shape index (κ3) is 2.21. The van der Waals surface area contributed by atoms with Crippen LogP contribution in [0.3, 0.4) is 0 Å². The smallest absolute Gasteiger partial charge is 0.146 e. The van der Waals surface area contributed by atoms with Gasteiger partial charge < -0.3 is 9.47 Å². The topological polar surface area (TPSA) is 18.5 Å². The van der Waals surface area contributed by atoms with Crippen LogP contribution in [0, 0.1) is 23.2 Å². The first-order valence-electron chi connectivity index (χ1n) is 6.29. The quantitative estimate of drug-likeness (QED) is 0.665. The van der Waals surface area contributed by atoms with Gasteiger partial charge >= 0.3 is 0 Å². The lowest BCUT2D eigenvalue weighted by Crippen LogP contribution is -2.48. The minimum atomic E-state index is 0.323. The minimum Gasteiger partial charge on any atom is -0.355 e. The molecule has 0 radical (unpaired) electrons. The summed E-state index contributed by atoms with van der Waals surface area (Å²) in [4.78, 5) is 0. The molecule has 2 fully saturated rings. The molecular weight excluding hydrogens is 188 g/mol. The predicted molar refractivity (Wildman–Crippen MR) is 60.5 cm³/mol. The minimum absolute atomic E-state index is 0.323. The molecule has 2 atom stereocenters. The molecule has 0 aromatic rings. The van der Waals surface area contributed by atoms with Gasteiger partial charge in [0.25, 0.3) is 0 Å². The van der Waals surface area contributed by atoms with Gasteiger partial charge in [-0.3, -0.25) is 0 Å². The number of hydrogen-bond acceptors (Lipinski definition) is 2. The molecule has 0 bridgehead atoms. The van der Waals surface area contributed by atoms with E-state index >= 15 is 0 Å². The van der Waals surface area contributed by atoms with Gasteiger partial charge in [-0.15, -0.1) is 0 Å². The lowest BCUT2D eigenvalue weighted by Gasteiger charge is -2.49. The van der Waals surface area contributed by atoms with Crippen molar-refractivity contribution in [3.05, 3.63) is 0 Å². The van der Waals surface area contributed by atoms with Crippen LogP contribution in [0.4, 0.5) is 0 Å². The molecule has 1 aliphatic heterocycles. The molecule has 0 N–H and O–H groups in total. The van der Waals surface area contributed by atoms with Gasteiger partial charge in [0.1, 0.15) is 6.79 Å². The molecule has 1 saturated carbocycles. The van der Waals surface area contributed by atoms with Crippen LogP contribution >= 0.6 is 0 Å². The fraction of sp³-hybridized carbons (Fsp3) is 1.00. The Hall–Kier alpha value is -0.0800. The molecule has 1 aliphatic carbocycles. The molecule has 2 aliphatic rings. The monoisotopic (exact) mass is 212 g/mol. The normalized spacial score (nSPS) is 36.0. The molecule has 2 rings (SSSR count). The Labute approximate surface area is 93.3 Å². The van der Waals surface area contributed by atoms with Gasteiger partial charge in [-0.1, -0.05) is 27.2 Å². The second kappa shape index (κ2) is 4.42. The zero-order valence-electron chi connectivity index (χ0n) is 10.3. The summed E-state index contributed by atoms with van der Waals surface area (Å²) >= 11 is 0. The van der Waals surface area contributed by atoms with E-state index in [9.17, 15) is 0 Å². The van der Waals surface area contributed by atoms with Crippen molar-refractivity contribution in [2.75, 3.05) is 20.0 Å². The van der Waals surface area contributed by atoms with E-state index in [0.717, 1.165) is 31.0 Å². The highest BCUT2D eigenvalue weighted by Crippen LogP contribution is 2.48. The first-order chi connectivity index (χ1) is 7.14. The number of ether oxygens (including phenoxy) is 2. The maximum atomic E-state index is 5.57. The maximum absolute atomic E-state index is 5.57. The van der Waals surface area contributed by atoms with Crippen LogP contribution in [0.2, 0.25) is 0 Å². The van der Waals surface area contributed by atoms with Crippen molar-refractivity contribution in [2.24, 2.45) is 23.2 Å². The molecular formula is C13H24O2. The standard InChI is InChI=1S/C13H24O2/c1-10(2)12-5-4-11(3)6-13(12)7-14-9-15-8-13/h10-12H,4-9H2,1-3H3. The summed E-state index contributed by atoms with van der Waals surface area (Å²) in [6, 6.07) is 0. The van der Waals surface area contributed by atoms with Crippen LogP contribution < -0.4 is 0 Å². The van der Waals surface area contributed by atoms with E-state index < -0.39 is 0 Å². The molecule has 0 aromatic heterocycles. The molecule has 2 unspecified atom stereocenters. The van der Waals surface area contributed by atoms with Gasteiger partial charge in [-0.05, 0) is 30.6 Å². The summed E-state index contributed by atoms with van der Waals surface area (Å²) < 4.78 is 11.1. The highest BCUT2D eigenvalue weighted by Gasteiger charge is 2.45. The summed E-state index contributed by atoms with van der Waals surface area (Å²) in [5.74, 6) is 2.38. The van der Waals surface area contributed by atoms with Crippen LogP contribution in [-0.4, -0.2) is 20.0 Å². The van der Waals surface area contributed by atoms with Gasteiger partial charge in [-0.25, -0.2) is 0 Å². The zero-order chi connectivity index (χ0) is 10.9. The molecule has 1 spiro atoms. The molecule has 1 heterocycles. The highest BCUT2D eigenvalue weighted by atomic mass is 16.7.